The Labute approximate surface area is 300 Å². The Morgan fingerprint density at radius 1 is 0.800 bits per heavy atom. The first-order valence-electron chi connectivity index (χ1n) is 18.4. The number of nitrogens with one attached hydrogen (secondary N) is 2. The molecular formula is C43H48N2O4S. The summed E-state index contributed by atoms with van der Waals surface area (Å²) in [4.78, 5) is 14.5. The SMILES string of the molecule is CC1C(CSc2ccccc2)OC(c2ccc(-c3ccccc3CNC(=O)NC34CC5CC(CC(C5)C3)C4)cc2)OC1c1ccc(CO)cc1. The van der Waals surface area contributed by atoms with E-state index < -0.39 is 6.29 Å². The molecule has 4 aromatic rings. The van der Waals surface area contributed by atoms with E-state index in [0.29, 0.717) is 6.54 Å². The zero-order chi connectivity index (χ0) is 34.1. The topological polar surface area (TPSA) is 79.8 Å². The van der Waals surface area contributed by atoms with Crippen molar-refractivity contribution in [2.24, 2.45) is 23.7 Å². The average Bonchev–Trinajstić information content (AvgIpc) is 3.13. The van der Waals surface area contributed by atoms with Crippen LogP contribution in [-0.2, 0) is 22.6 Å². The fourth-order valence-electron chi connectivity index (χ4n) is 9.51. The van der Waals surface area contributed by atoms with Crippen LogP contribution in [0.1, 0.15) is 80.1 Å². The van der Waals surface area contributed by atoms with Crippen molar-refractivity contribution < 1.29 is 19.4 Å². The van der Waals surface area contributed by atoms with E-state index in [9.17, 15) is 9.90 Å². The number of ether oxygens (including phenoxy) is 2. The van der Waals surface area contributed by atoms with Gasteiger partial charge >= 0.3 is 6.03 Å². The predicted octanol–water partition coefficient (Wildman–Crippen LogP) is 9.20. The molecule has 5 aliphatic rings. The number of amides is 2. The van der Waals surface area contributed by atoms with Crippen LogP contribution >= 0.6 is 11.8 Å². The van der Waals surface area contributed by atoms with Crippen LogP contribution < -0.4 is 10.6 Å². The van der Waals surface area contributed by atoms with Crippen molar-refractivity contribution in [1.29, 1.82) is 0 Å². The minimum Gasteiger partial charge on any atom is -0.392 e. The van der Waals surface area contributed by atoms with E-state index in [1.807, 2.05) is 24.3 Å². The van der Waals surface area contributed by atoms with Crippen molar-refractivity contribution in [1.82, 2.24) is 10.6 Å². The Morgan fingerprint density at radius 3 is 2.12 bits per heavy atom. The van der Waals surface area contributed by atoms with Gasteiger partial charge in [0.05, 0.1) is 18.8 Å². The molecule has 5 fully saturated rings. The van der Waals surface area contributed by atoms with Gasteiger partial charge in [-0.15, -0.1) is 11.8 Å². The van der Waals surface area contributed by atoms with Gasteiger partial charge in [-0.05, 0) is 96.2 Å². The molecule has 1 heterocycles. The third-order valence-electron chi connectivity index (χ3n) is 11.6. The van der Waals surface area contributed by atoms with Crippen LogP contribution in [0, 0.1) is 23.7 Å². The quantitative estimate of drug-likeness (QED) is 0.145. The standard InChI is InChI=1S/C43H48N2O4S/c1-28-39(27-50-37-8-3-2-4-9-37)48-41(49-40(28)34-13-11-29(26-46)12-14-34)35-17-15-33(16-18-35)38-10-6-5-7-36(38)25-44-42(47)45-43-22-30-19-31(23-43)21-32(20-30)24-43/h2-18,28,30-32,39-41,46H,19-27H2,1H3,(H2,44,45,47). The van der Waals surface area contributed by atoms with Gasteiger partial charge in [-0.1, -0.05) is 97.9 Å². The molecule has 4 aromatic carbocycles. The molecule has 4 aliphatic carbocycles. The molecule has 3 N–H and O–H groups in total. The maximum absolute atomic E-state index is 13.2. The lowest BCUT2D eigenvalue weighted by atomic mass is 9.53. The van der Waals surface area contributed by atoms with Gasteiger partial charge in [0.25, 0.3) is 0 Å². The maximum atomic E-state index is 13.2. The Balaban J connectivity index is 0.962. The highest BCUT2D eigenvalue weighted by molar-refractivity contribution is 7.99. The minimum atomic E-state index is -0.519. The Kier molecular flexibility index (Phi) is 9.75. The summed E-state index contributed by atoms with van der Waals surface area (Å²) in [6, 6.07) is 35.3. The first kappa shape index (κ1) is 33.5. The van der Waals surface area contributed by atoms with E-state index in [1.54, 1.807) is 11.8 Å². The van der Waals surface area contributed by atoms with Gasteiger partial charge in [0.15, 0.2) is 6.29 Å². The summed E-state index contributed by atoms with van der Waals surface area (Å²) in [5, 5.41) is 16.3. The number of hydrogen-bond acceptors (Lipinski definition) is 5. The molecule has 9 rings (SSSR count). The van der Waals surface area contributed by atoms with E-state index in [4.69, 9.17) is 9.47 Å². The van der Waals surface area contributed by atoms with Crippen LogP contribution in [0.15, 0.2) is 108 Å². The van der Waals surface area contributed by atoms with E-state index in [0.717, 1.165) is 76.1 Å². The number of aliphatic hydroxyl groups is 1. The van der Waals surface area contributed by atoms with E-state index in [1.165, 1.54) is 24.2 Å². The summed E-state index contributed by atoms with van der Waals surface area (Å²) < 4.78 is 13.4. The molecule has 2 amide bonds. The Morgan fingerprint density at radius 2 is 1.44 bits per heavy atom. The molecule has 0 spiro atoms. The molecule has 4 atom stereocenters. The molecule has 0 radical (unpaired) electrons. The number of benzene rings is 4. The summed E-state index contributed by atoms with van der Waals surface area (Å²) in [7, 11) is 0. The van der Waals surface area contributed by atoms with Gasteiger partial charge in [0.2, 0.25) is 0 Å². The molecule has 7 heteroatoms. The molecule has 50 heavy (non-hydrogen) atoms. The van der Waals surface area contributed by atoms with Gasteiger partial charge in [0, 0.05) is 34.2 Å². The van der Waals surface area contributed by atoms with Crippen molar-refractivity contribution in [3.05, 3.63) is 125 Å². The minimum absolute atomic E-state index is 0.00360. The lowest BCUT2D eigenvalue weighted by Gasteiger charge is -2.56. The number of urea groups is 1. The van der Waals surface area contributed by atoms with Crippen LogP contribution in [0.4, 0.5) is 4.79 Å². The van der Waals surface area contributed by atoms with Gasteiger partial charge < -0.3 is 25.2 Å². The fraction of sp³-hybridized carbons (Fsp3) is 0.419. The largest absolute Gasteiger partial charge is 0.392 e. The molecule has 4 unspecified atom stereocenters. The molecule has 0 aromatic heterocycles. The van der Waals surface area contributed by atoms with Crippen molar-refractivity contribution in [2.45, 2.75) is 87.5 Å². The normalized spacial score (nSPS) is 29.8. The van der Waals surface area contributed by atoms with Gasteiger partial charge in [-0.2, -0.15) is 0 Å². The lowest BCUT2D eigenvalue weighted by Crippen LogP contribution is -2.61. The van der Waals surface area contributed by atoms with Crippen LogP contribution in [0.2, 0.25) is 0 Å². The van der Waals surface area contributed by atoms with Gasteiger partial charge in [-0.3, -0.25) is 0 Å². The molecule has 4 bridgehead atoms. The summed E-state index contributed by atoms with van der Waals surface area (Å²) in [5.74, 6) is 3.32. The van der Waals surface area contributed by atoms with Crippen molar-refractivity contribution in [3.8, 4) is 11.1 Å². The molecule has 6 nitrogen and oxygen atoms in total. The monoisotopic (exact) mass is 688 g/mol. The Hall–Kier alpha value is -3.62. The van der Waals surface area contributed by atoms with E-state index >= 15 is 0 Å². The highest BCUT2D eigenvalue weighted by Gasteiger charge is 2.51. The molecular weight excluding hydrogens is 641 g/mol. The van der Waals surface area contributed by atoms with Gasteiger partial charge in [0.1, 0.15) is 0 Å². The number of thioether (sulfide) groups is 1. The summed E-state index contributed by atoms with van der Waals surface area (Å²) in [6.45, 7) is 2.69. The summed E-state index contributed by atoms with van der Waals surface area (Å²) in [5.41, 5.74) is 6.22. The number of aliphatic hydroxyl groups excluding tert-OH is 1. The second kappa shape index (κ2) is 14.5. The number of rotatable bonds is 10. The lowest BCUT2D eigenvalue weighted by molar-refractivity contribution is -0.268. The smallest absolute Gasteiger partial charge is 0.315 e. The van der Waals surface area contributed by atoms with Crippen molar-refractivity contribution in [3.63, 3.8) is 0 Å². The van der Waals surface area contributed by atoms with E-state index in [-0.39, 0.29) is 36.3 Å². The van der Waals surface area contributed by atoms with Crippen LogP contribution in [0.3, 0.4) is 0 Å². The highest BCUT2D eigenvalue weighted by Crippen LogP contribution is 2.55. The summed E-state index contributed by atoms with van der Waals surface area (Å²) >= 11 is 1.81. The maximum Gasteiger partial charge on any atom is 0.315 e. The molecule has 1 saturated heterocycles. The zero-order valence-electron chi connectivity index (χ0n) is 28.8. The van der Waals surface area contributed by atoms with E-state index in [2.05, 4.69) is 96.4 Å². The second-order valence-electron chi connectivity index (χ2n) is 15.2. The first-order chi connectivity index (χ1) is 24.4. The van der Waals surface area contributed by atoms with Crippen molar-refractivity contribution in [2.75, 3.05) is 5.75 Å². The van der Waals surface area contributed by atoms with Crippen LogP contribution in [0.25, 0.3) is 11.1 Å². The summed E-state index contributed by atoms with van der Waals surface area (Å²) in [6.07, 6.45) is 6.82. The van der Waals surface area contributed by atoms with Crippen LogP contribution in [-0.4, -0.2) is 28.5 Å². The third kappa shape index (κ3) is 7.24. The number of carbonyl (C=O) groups is 1. The molecule has 1 aliphatic heterocycles. The van der Waals surface area contributed by atoms with Crippen molar-refractivity contribution >= 4 is 17.8 Å². The highest BCUT2D eigenvalue weighted by atomic mass is 32.2. The number of carbonyl (C=O) groups excluding carboxylic acids is 1. The van der Waals surface area contributed by atoms with Gasteiger partial charge in [-0.25, -0.2) is 4.79 Å². The number of hydrogen-bond donors (Lipinski definition) is 3. The first-order valence-corrected chi connectivity index (χ1v) is 19.3. The third-order valence-corrected chi connectivity index (χ3v) is 12.7. The molecule has 4 saturated carbocycles. The second-order valence-corrected chi connectivity index (χ2v) is 16.3. The predicted molar refractivity (Wildman–Crippen MR) is 198 cm³/mol. The van der Waals surface area contributed by atoms with Crippen LogP contribution in [0.5, 0.6) is 0 Å². The molecule has 260 valence electrons. The zero-order valence-corrected chi connectivity index (χ0v) is 29.6. The average molecular weight is 689 g/mol. The Bertz CT molecular complexity index is 1730. The fourth-order valence-corrected chi connectivity index (χ4v) is 10.6.